The number of likely N-dealkylation sites (N-methyl/N-ethyl adjacent to an activating group) is 1. The summed E-state index contributed by atoms with van der Waals surface area (Å²) >= 11 is 0. The predicted molar refractivity (Wildman–Crippen MR) is 104 cm³/mol. The summed E-state index contributed by atoms with van der Waals surface area (Å²) in [4.78, 5) is 6.91. The van der Waals surface area contributed by atoms with Gasteiger partial charge in [0.2, 0.25) is 0 Å². The van der Waals surface area contributed by atoms with Crippen molar-refractivity contribution in [3.8, 4) is 0 Å². The molecule has 2 N–H and O–H groups in total. The van der Waals surface area contributed by atoms with Crippen molar-refractivity contribution in [2.45, 2.75) is 33.2 Å². The Balaban J connectivity index is 2.49. The van der Waals surface area contributed by atoms with Crippen molar-refractivity contribution in [2.24, 2.45) is 18.0 Å². The van der Waals surface area contributed by atoms with E-state index in [0.717, 1.165) is 38.7 Å². The van der Waals surface area contributed by atoms with Crippen LogP contribution in [0.2, 0.25) is 0 Å². The predicted octanol–water partition coefficient (Wildman–Crippen LogP) is 1.64. The molecule has 25 heavy (non-hydrogen) atoms. The van der Waals surface area contributed by atoms with Crippen molar-refractivity contribution in [3.05, 3.63) is 18.0 Å². The van der Waals surface area contributed by atoms with Crippen molar-refractivity contribution < 1.29 is 4.74 Å². The molecule has 0 aliphatic heterocycles. The first-order valence-corrected chi connectivity index (χ1v) is 9.18. The molecule has 1 aromatic rings. The smallest absolute Gasteiger partial charge is 0.191 e. The van der Waals surface area contributed by atoms with E-state index in [2.05, 4.69) is 55.5 Å². The van der Waals surface area contributed by atoms with Crippen LogP contribution in [0, 0.1) is 5.92 Å². The summed E-state index contributed by atoms with van der Waals surface area (Å²) in [5.41, 5.74) is 1.18. The molecule has 7 heteroatoms. The average Bonchev–Trinajstić information content (AvgIpc) is 2.96. The Bertz CT molecular complexity index is 498. The van der Waals surface area contributed by atoms with Crippen molar-refractivity contribution in [2.75, 3.05) is 46.9 Å². The molecule has 1 aromatic heterocycles. The molecule has 0 aromatic carbocycles. The Morgan fingerprint density at radius 2 is 2.12 bits per heavy atom. The maximum absolute atomic E-state index is 5.61. The molecule has 0 saturated carbocycles. The fourth-order valence-electron chi connectivity index (χ4n) is 2.40. The monoisotopic (exact) mass is 352 g/mol. The zero-order chi connectivity index (χ0) is 18.7. The number of rotatable bonds is 11. The number of aryl methyl sites for hydroxylation is 1. The summed E-state index contributed by atoms with van der Waals surface area (Å²) < 4.78 is 7.44. The van der Waals surface area contributed by atoms with Gasteiger partial charge >= 0.3 is 0 Å². The number of ether oxygens (including phenoxy) is 1. The Labute approximate surface area is 152 Å². The highest BCUT2D eigenvalue weighted by Crippen LogP contribution is 2.17. The molecule has 0 bridgehead atoms. The number of hydrogen-bond donors (Lipinski definition) is 2. The van der Waals surface area contributed by atoms with Crippen molar-refractivity contribution in [3.63, 3.8) is 0 Å². The fourth-order valence-corrected chi connectivity index (χ4v) is 2.40. The number of aliphatic imine (C=N–C) groups is 1. The van der Waals surface area contributed by atoms with Crippen LogP contribution in [0.4, 0.5) is 0 Å². The lowest BCUT2D eigenvalue weighted by atomic mass is 10.1. The van der Waals surface area contributed by atoms with Crippen LogP contribution in [0.15, 0.2) is 17.4 Å². The highest BCUT2D eigenvalue weighted by atomic mass is 16.5. The molecule has 0 saturated heterocycles. The van der Waals surface area contributed by atoms with Crippen LogP contribution in [0.5, 0.6) is 0 Å². The first-order chi connectivity index (χ1) is 11.9. The van der Waals surface area contributed by atoms with Gasteiger partial charge < -0.3 is 20.3 Å². The van der Waals surface area contributed by atoms with E-state index < -0.39 is 0 Å². The second-order valence-corrected chi connectivity index (χ2v) is 6.90. The summed E-state index contributed by atoms with van der Waals surface area (Å²) in [5.74, 6) is 1.43. The van der Waals surface area contributed by atoms with Gasteiger partial charge in [-0.1, -0.05) is 13.8 Å². The van der Waals surface area contributed by atoms with Gasteiger partial charge in [0.25, 0.3) is 0 Å². The van der Waals surface area contributed by atoms with Gasteiger partial charge in [-0.2, -0.15) is 5.10 Å². The molecule has 1 atom stereocenters. The minimum atomic E-state index is 0.207. The minimum absolute atomic E-state index is 0.207. The van der Waals surface area contributed by atoms with Crippen LogP contribution in [-0.4, -0.2) is 67.6 Å². The second-order valence-electron chi connectivity index (χ2n) is 6.90. The van der Waals surface area contributed by atoms with Gasteiger partial charge in [0.15, 0.2) is 5.96 Å². The molecule has 7 nitrogen and oxygen atoms in total. The highest BCUT2D eigenvalue weighted by Gasteiger charge is 2.15. The normalized spacial score (nSPS) is 13.5. The number of guanidine groups is 1. The molecule has 0 amide bonds. The molecule has 0 radical (unpaired) electrons. The lowest BCUT2D eigenvalue weighted by molar-refractivity contribution is 0.108. The number of nitrogens with zero attached hydrogens (tertiary/aromatic N) is 4. The first kappa shape index (κ1) is 21.4. The van der Waals surface area contributed by atoms with Gasteiger partial charge in [-0.3, -0.25) is 9.67 Å². The third-order valence-electron chi connectivity index (χ3n) is 3.71. The van der Waals surface area contributed by atoms with Crippen LogP contribution >= 0.6 is 0 Å². The van der Waals surface area contributed by atoms with E-state index >= 15 is 0 Å². The molecule has 1 unspecified atom stereocenters. The molecule has 1 rings (SSSR count). The zero-order valence-electron chi connectivity index (χ0n) is 16.7. The summed E-state index contributed by atoms with van der Waals surface area (Å²) in [6.07, 6.45) is 4.93. The van der Waals surface area contributed by atoms with Crippen LogP contribution in [0.3, 0.4) is 0 Å². The van der Waals surface area contributed by atoms with Crippen molar-refractivity contribution in [1.82, 2.24) is 25.3 Å². The molecular weight excluding hydrogens is 316 g/mol. The zero-order valence-corrected chi connectivity index (χ0v) is 16.7. The van der Waals surface area contributed by atoms with Crippen LogP contribution in [0.1, 0.15) is 38.8 Å². The molecule has 0 aliphatic rings. The van der Waals surface area contributed by atoms with E-state index in [1.165, 1.54) is 5.56 Å². The molecule has 0 aliphatic carbocycles. The van der Waals surface area contributed by atoms with E-state index in [1.807, 2.05) is 24.1 Å². The summed E-state index contributed by atoms with van der Waals surface area (Å²) in [6.45, 7) is 10.4. The number of hydrogen-bond acceptors (Lipinski definition) is 4. The van der Waals surface area contributed by atoms with Gasteiger partial charge in [-0.05, 0) is 33.4 Å². The average molecular weight is 353 g/mol. The molecule has 144 valence electrons. The van der Waals surface area contributed by atoms with E-state index in [1.54, 1.807) is 0 Å². The third kappa shape index (κ3) is 8.88. The van der Waals surface area contributed by atoms with E-state index in [0.29, 0.717) is 12.5 Å². The van der Waals surface area contributed by atoms with E-state index in [4.69, 9.17) is 9.73 Å². The topological polar surface area (TPSA) is 66.7 Å². The standard InChI is InChI=1S/C18H36N6O/c1-7-19-18(20-9-8-10-25-14-15(2)3)21-12-17(23(4)5)16-11-22-24(6)13-16/h11,13,15,17H,7-10,12,14H2,1-6H3,(H2,19,20,21). The van der Waals surface area contributed by atoms with Gasteiger partial charge in [0.05, 0.1) is 18.8 Å². The Morgan fingerprint density at radius 3 is 2.68 bits per heavy atom. The number of aromatic nitrogens is 2. The molecule has 1 heterocycles. The summed E-state index contributed by atoms with van der Waals surface area (Å²) in [7, 11) is 6.08. The van der Waals surface area contributed by atoms with Crippen LogP contribution in [-0.2, 0) is 11.8 Å². The molecule has 0 spiro atoms. The second kappa shape index (κ2) is 11.9. The lowest BCUT2D eigenvalue weighted by Gasteiger charge is -2.22. The summed E-state index contributed by atoms with van der Waals surface area (Å²) in [5, 5.41) is 11.0. The van der Waals surface area contributed by atoms with E-state index in [9.17, 15) is 0 Å². The van der Waals surface area contributed by atoms with Gasteiger partial charge in [0, 0.05) is 45.1 Å². The van der Waals surface area contributed by atoms with Crippen molar-refractivity contribution in [1.29, 1.82) is 0 Å². The Hall–Kier alpha value is -1.60. The van der Waals surface area contributed by atoms with Gasteiger partial charge in [-0.25, -0.2) is 0 Å². The van der Waals surface area contributed by atoms with Crippen molar-refractivity contribution >= 4 is 5.96 Å². The Morgan fingerprint density at radius 1 is 1.36 bits per heavy atom. The molecular formula is C18H36N6O. The maximum Gasteiger partial charge on any atom is 0.191 e. The maximum atomic E-state index is 5.61. The first-order valence-electron chi connectivity index (χ1n) is 9.18. The Kier molecular flexibility index (Phi) is 10.2. The van der Waals surface area contributed by atoms with Crippen LogP contribution in [0.25, 0.3) is 0 Å². The molecule has 0 fully saturated rings. The van der Waals surface area contributed by atoms with E-state index in [-0.39, 0.29) is 6.04 Å². The quantitative estimate of drug-likeness (QED) is 0.360. The number of nitrogens with one attached hydrogen (secondary N) is 2. The summed E-state index contributed by atoms with van der Waals surface area (Å²) in [6, 6.07) is 0.207. The SMILES string of the molecule is CCNC(=NCC(c1cnn(C)c1)N(C)C)NCCCOCC(C)C. The van der Waals surface area contributed by atoms with Gasteiger partial charge in [0.1, 0.15) is 0 Å². The minimum Gasteiger partial charge on any atom is -0.381 e. The van der Waals surface area contributed by atoms with Gasteiger partial charge in [-0.15, -0.1) is 0 Å². The highest BCUT2D eigenvalue weighted by molar-refractivity contribution is 5.79. The van der Waals surface area contributed by atoms with Crippen LogP contribution < -0.4 is 10.6 Å². The fraction of sp³-hybridized carbons (Fsp3) is 0.778. The largest absolute Gasteiger partial charge is 0.381 e. The third-order valence-corrected chi connectivity index (χ3v) is 3.71. The lowest BCUT2D eigenvalue weighted by Crippen LogP contribution is -2.38.